The van der Waals surface area contributed by atoms with Gasteiger partial charge in [-0.3, -0.25) is 9.59 Å². The molecule has 2 amide bonds. The maximum Gasteiger partial charge on any atom is 0.416 e. The summed E-state index contributed by atoms with van der Waals surface area (Å²) in [7, 11) is 1.21. The van der Waals surface area contributed by atoms with Crippen molar-refractivity contribution in [2.24, 2.45) is 0 Å². The zero-order valence-corrected chi connectivity index (χ0v) is 16.8. The van der Waals surface area contributed by atoms with Crippen molar-refractivity contribution in [1.82, 2.24) is 9.80 Å². The first-order valence-corrected chi connectivity index (χ1v) is 9.62. The Kier molecular flexibility index (Phi) is 6.62. The fourth-order valence-electron chi connectivity index (χ4n) is 3.51. The first kappa shape index (κ1) is 22.3. The van der Waals surface area contributed by atoms with Gasteiger partial charge in [-0.05, 0) is 23.8 Å². The second kappa shape index (κ2) is 9.20. The summed E-state index contributed by atoms with van der Waals surface area (Å²) < 4.78 is 44.5. The van der Waals surface area contributed by atoms with Crippen molar-refractivity contribution in [3.8, 4) is 0 Å². The van der Waals surface area contributed by atoms with Gasteiger partial charge in [-0.2, -0.15) is 13.2 Å². The number of ether oxygens (including phenoxy) is 1. The van der Waals surface area contributed by atoms with Crippen LogP contribution in [0.5, 0.6) is 0 Å². The quantitative estimate of drug-likeness (QED) is 0.693. The third-order valence-corrected chi connectivity index (χ3v) is 5.12. The zero-order valence-electron chi connectivity index (χ0n) is 16.8. The fraction of sp³-hybridized carbons (Fsp3) is 0.318. The molecule has 2 aromatic carbocycles. The van der Waals surface area contributed by atoms with Crippen LogP contribution in [0.2, 0.25) is 0 Å². The van der Waals surface area contributed by atoms with Crippen LogP contribution in [0, 0.1) is 0 Å². The number of rotatable bonds is 4. The van der Waals surface area contributed by atoms with E-state index in [9.17, 15) is 27.6 Å². The van der Waals surface area contributed by atoms with E-state index < -0.39 is 23.6 Å². The first-order chi connectivity index (χ1) is 14.7. The van der Waals surface area contributed by atoms with Crippen LogP contribution >= 0.6 is 0 Å². The number of alkyl halides is 3. The van der Waals surface area contributed by atoms with E-state index in [1.807, 2.05) is 0 Å². The van der Waals surface area contributed by atoms with Crippen molar-refractivity contribution in [2.75, 3.05) is 26.7 Å². The van der Waals surface area contributed by atoms with Crippen LogP contribution in [0.4, 0.5) is 13.2 Å². The molecule has 0 aromatic heterocycles. The van der Waals surface area contributed by atoms with Crippen molar-refractivity contribution in [1.29, 1.82) is 0 Å². The molecule has 0 bridgehead atoms. The van der Waals surface area contributed by atoms with E-state index in [4.69, 9.17) is 4.74 Å². The van der Waals surface area contributed by atoms with Crippen LogP contribution in [0.15, 0.2) is 48.5 Å². The number of carbonyl (C=O) groups excluding carboxylic acids is 3. The second-order valence-corrected chi connectivity index (χ2v) is 7.05. The summed E-state index contributed by atoms with van der Waals surface area (Å²) in [4.78, 5) is 40.2. The Morgan fingerprint density at radius 2 is 1.61 bits per heavy atom. The van der Waals surface area contributed by atoms with E-state index in [1.165, 1.54) is 47.2 Å². The highest BCUT2D eigenvalue weighted by Crippen LogP contribution is 2.32. The Labute approximate surface area is 177 Å². The molecule has 1 aliphatic rings. The van der Waals surface area contributed by atoms with E-state index in [2.05, 4.69) is 0 Å². The normalized spacial score (nSPS) is 14.9. The summed E-state index contributed by atoms with van der Waals surface area (Å²) in [5, 5.41) is 0. The molecule has 0 unspecified atom stereocenters. The number of hydrogen-bond donors (Lipinski definition) is 0. The molecule has 0 saturated carbocycles. The largest absolute Gasteiger partial charge is 0.465 e. The van der Waals surface area contributed by atoms with Gasteiger partial charge in [0.1, 0.15) is 0 Å². The molecule has 0 aliphatic carbocycles. The molecule has 1 heterocycles. The number of nitrogens with zero attached hydrogens (tertiary/aromatic N) is 2. The molecule has 31 heavy (non-hydrogen) atoms. The second-order valence-electron chi connectivity index (χ2n) is 7.05. The number of hydrogen-bond acceptors (Lipinski definition) is 4. The van der Waals surface area contributed by atoms with Gasteiger partial charge in [0.2, 0.25) is 5.91 Å². The Morgan fingerprint density at radius 3 is 2.29 bits per heavy atom. The van der Waals surface area contributed by atoms with E-state index >= 15 is 0 Å². The van der Waals surface area contributed by atoms with Crippen molar-refractivity contribution in [3.05, 3.63) is 70.8 Å². The lowest BCUT2D eigenvalue weighted by Gasteiger charge is -2.24. The Bertz CT molecular complexity index is 991. The maximum atomic E-state index is 13.3. The summed E-state index contributed by atoms with van der Waals surface area (Å²) in [5.41, 5.74) is -0.523. The third kappa shape index (κ3) is 5.04. The number of methoxy groups -OCH3 is 1. The summed E-state index contributed by atoms with van der Waals surface area (Å²) in [6.07, 6.45) is -4.55. The van der Waals surface area contributed by atoms with Gasteiger partial charge in [0, 0.05) is 32.6 Å². The lowest BCUT2D eigenvalue weighted by Crippen LogP contribution is -2.36. The molecule has 0 atom stereocenters. The van der Waals surface area contributed by atoms with Crippen molar-refractivity contribution in [2.45, 2.75) is 19.1 Å². The number of amides is 2. The lowest BCUT2D eigenvalue weighted by molar-refractivity contribution is -0.139. The zero-order chi connectivity index (χ0) is 22.6. The van der Waals surface area contributed by atoms with Crippen molar-refractivity contribution in [3.63, 3.8) is 0 Å². The van der Waals surface area contributed by atoms with Crippen LogP contribution in [-0.2, 0) is 22.3 Å². The summed E-state index contributed by atoms with van der Waals surface area (Å²) >= 11 is 0. The number of carbonyl (C=O) groups is 3. The van der Waals surface area contributed by atoms with Gasteiger partial charge in [0.15, 0.2) is 0 Å². The molecule has 3 rings (SSSR count). The molecular formula is C22H21F3N2O4. The predicted molar refractivity (Wildman–Crippen MR) is 105 cm³/mol. The Morgan fingerprint density at radius 1 is 0.968 bits per heavy atom. The van der Waals surface area contributed by atoms with Gasteiger partial charge in [0.05, 0.1) is 23.8 Å². The SMILES string of the molecule is COC(=O)c1ccccc1C(=O)N1CCC(=O)N(Cc2ccccc2C(F)(F)F)CC1. The molecule has 2 aromatic rings. The van der Waals surface area contributed by atoms with E-state index in [-0.39, 0.29) is 55.2 Å². The lowest BCUT2D eigenvalue weighted by atomic mass is 10.1. The number of benzene rings is 2. The fourth-order valence-corrected chi connectivity index (χ4v) is 3.51. The molecule has 0 spiro atoms. The van der Waals surface area contributed by atoms with E-state index in [1.54, 1.807) is 12.1 Å². The Hall–Kier alpha value is -3.36. The highest BCUT2D eigenvalue weighted by Gasteiger charge is 2.34. The van der Waals surface area contributed by atoms with E-state index in [0.29, 0.717) is 0 Å². The first-order valence-electron chi connectivity index (χ1n) is 9.62. The van der Waals surface area contributed by atoms with Gasteiger partial charge in [-0.25, -0.2) is 4.79 Å². The monoisotopic (exact) mass is 434 g/mol. The Balaban J connectivity index is 1.77. The molecule has 6 nitrogen and oxygen atoms in total. The molecule has 9 heteroatoms. The van der Waals surface area contributed by atoms with Gasteiger partial charge in [0.25, 0.3) is 5.91 Å². The van der Waals surface area contributed by atoms with Gasteiger partial charge in [-0.15, -0.1) is 0 Å². The predicted octanol–water partition coefficient (Wildman–Crippen LogP) is 3.37. The molecule has 1 fully saturated rings. The van der Waals surface area contributed by atoms with E-state index in [0.717, 1.165) is 6.07 Å². The van der Waals surface area contributed by atoms with Crippen molar-refractivity contribution >= 4 is 17.8 Å². The van der Waals surface area contributed by atoms with Crippen LogP contribution in [-0.4, -0.2) is 54.3 Å². The van der Waals surface area contributed by atoms with Gasteiger partial charge < -0.3 is 14.5 Å². The third-order valence-electron chi connectivity index (χ3n) is 5.12. The van der Waals surface area contributed by atoms with Gasteiger partial charge in [-0.1, -0.05) is 30.3 Å². The summed E-state index contributed by atoms with van der Waals surface area (Å²) in [5.74, 6) is -1.43. The molecule has 1 aliphatic heterocycles. The van der Waals surface area contributed by atoms with Crippen LogP contribution in [0.1, 0.15) is 38.3 Å². The average Bonchev–Trinajstić information content (AvgIpc) is 2.94. The smallest absolute Gasteiger partial charge is 0.416 e. The molecule has 1 saturated heterocycles. The maximum absolute atomic E-state index is 13.3. The van der Waals surface area contributed by atoms with Crippen molar-refractivity contribution < 1.29 is 32.3 Å². The van der Waals surface area contributed by atoms with Crippen LogP contribution < -0.4 is 0 Å². The molecular weight excluding hydrogens is 413 g/mol. The minimum Gasteiger partial charge on any atom is -0.465 e. The molecule has 0 radical (unpaired) electrons. The average molecular weight is 434 g/mol. The minimum atomic E-state index is -4.52. The summed E-state index contributed by atoms with van der Waals surface area (Å²) in [6, 6.07) is 11.3. The number of halogens is 3. The number of esters is 1. The minimum absolute atomic E-state index is 0.000775. The summed E-state index contributed by atoms with van der Waals surface area (Å²) in [6.45, 7) is 0.116. The molecule has 164 valence electrons. The highest BCUT2D eigenvalue weighted by atomic mass is 19.4. The molecule has 0 N–H and O–H groups in total. The standard InChI is InChI=1S/C22H21F3N2O4/c1-31-21(30)17-8-4-3-7-16(17)20(29)26-11-10-19(28)27(13-12-26)14-15-6-2-5-9-18(15)22(23,24)25/h2-9H,10-14H2,1H3. The van der Waals surface area contributed by atoms with Gasteiger partial charge >= 0.3 is 12.1 Å². The highest BCUT2D eigenvalue weighted by molar-refractivity contribution is 6.05. The topological polar surface area (TPSA) is 66.9 Å². The van der Waals surface area contributed by atoms with Crippen LogP contribution in [0.25, 0.3) is 0 Å². The van der Waals surface area contributed by atoms with Crippen LogP contribution in [0.3, 0.4) is 0 Å².